The lowest BCUT2D eigenvalue weighted by Crippen LogP contribution is -2.39. The number of nitrogens with zero attached hydrogens (tertiary/aromatic N) is 1. The number of rotatable bonds is 10. The van der Waals surface area contributed by atoms with E-state index in [0.29, 0.717) is 12.1 Å². The van der Waals surface area contributed by atoms with Crippen molar-refractivity contribution in [3.63, 3.8) is 0 Å². The highest BCUT2D eigenvalue weighted by Gasteiger charge is 2.15. The van der Waals surface area contributed by atoms with Crippen molar-refractivity contribution in [3.8, 4) is 0 Å². The summed E-state index contributed by atoms with van der Waals surface area (Å²) in [7, 11) is 4.21. The van der Waals surface area contributed by atoms with E-state index in [4.69, 9.17) is 4.74 Å². The van der Waals surface area contributed by atoms with Crippen LogP contribution in [0.2, 0.25) is 0 Å². The van der Waals surface area contributed by atoms with Crippen molar-refractivity contribution in [2.45, 2.75) is 43.8 Å². The first-order valence-electron chi connectivity index (χ1n) is 7.68. The summed E-state index contributed by atoms with van der Waals surface area (Å²) in [6.45, 7) is 6.88. The first kappa shape index (κ1) is 18.5. The molecule has 1 rings (SSSR count). The van der Waals surface area contributed by atoms with Gasteiger partial charge in [0.05, 0.1) is 6.61 Å². The van der Waals surface area contributed by atoms with Gasteiger partial charge in [-0.2, -0.15) is 0 Å². The maximum atomic E-state index is 5.53. The number of hydrogen-bond donors (Lipinski definition) is 1. The largest absolute Gasteiger partial charge is 0.380 e. The van der Waals surface area contributed by atoms with E-state index in [9.17, 15) is 0 Å². The molecule has 0 amide bonds. The highest BCUT2D eigenvalue weighted by molar-refractivity contribution is 7.98. The summed E-state index contributed by atoms with van der Waals surface area (Å²) in [6, 6.07) is 9.79. The van der Waals surface area contributed by atoms with Crippen LogP contribution in [0.3, 0.4) is 0 Å². The van der Waals surface area contributed by atoms with Crippen molar-refractivity contribution < 1.29 is 4.74 Å². The van der Waals surface area contributed by atoms with Crippen LogP contribution in [0.25, 0.3) is 0 Å². The quantitative estimate of drug-likeness (QED) is 0.671. The summed E-state index contributed by atoms with van der Waals surface area (Å²) in [5, 5.41) is 3.35. The van der Waals surface area contributed by atoms with Crippen LogP contribution in [-0.4, -0.2) is 50.5 Å². The van der Waals surface area contributed by atoms with E-state index in [0.717, 1.165) is 26.2 Å². The zero-order valence-corrected chi connectivity index (χ0v) is 14.9. The number of likely N-dealkylation sites (N-methyl/N-ethyl adjacent to an activating group) is 1. The van der Waals surface area contributed by atoms with Crippen molar-refractivity contribution in [3.05, 3.63) is 29.8 Å². The molecule has 21 heavy (non-hydrogen) atoms. The molecule has 1 aromatic rings. The van der Waals surface area contributed by atoms with Gasteiger partial charge in [-0.15, -0.1) is 11.8 Å². The summed E-state index contributed by atoms with van der Waals surface area (Å²) in [4.78, 5) is 3.73. The molecule has 0 spiro atoms. The molecule has 4 heteroatoms. The van der Waals surface area contributed by atoms with Crippen LogP contribution in [0.5, 0.6) is 0 Å². The van der Waals surface area contributed by atoms with Gasteiger partial charge in [0.1, 0.15) is 0 Å². The van der Waals surface area contributed by atoms with E-state index < -0.39 is 0 Å². The minimum absolute atomic E-state index is 0.418. The van der Waals surface area contributed by atoms with Gasteiger partial charge in [0.25, 0.3) is 0 Å². The van der Waals surface area contributed by atoms with Gasteiger partial charge >= 0.3 is 0 Å². The molecular formula is C17H30N2OS. The summed E-state index contributed by atoms with van der Waals surface area (Å²) in [6.07, 6.45) is 3.20. The average molecular weight is 311 g/mol. The van der Waals surface area contributed by atoms with Gasteiger partial charge in [0.15, 0.2) is 0 Å². The number of ether oxygens (including phenoxy) is 1. The first-order chi connectivity index (χ1) is 10.1. The zero-order chi connectivity index (χ0) is 15.7. The molecule has 0 aliphatic rings. The predicted molar refractivity (Wildman–Crippen MR) is 93.1 cm³/mol. The molecule has 2 atom stereocenters. The molecule has 1 N–H and O–H groups in total. The van der Waals surface area contributed by atoms with Gasteiger partial charge in [-0.05, 0) is 58.3 Å². The van der Waals surface area contributed by atoms with Gasteiger partial charge in [-0.25, -0.2) is 0 Å². The van der Waals surface area contributed by atoms with Gasteiger partial charge in [0, 0.05) is 30.1 Å². The Balaban J connectivity index is 2.46. The van der Waals surface area contributed by atoms with E-state index in [2.05, 4.69) is 54.7 Å². The second-order valence-electron chi connectivity index (χ2n) is 5.49. The molecule has 0 bridgehead atoms. The van der Waals surface area contributed by atoms with Gasteiger partial charge < -0.3 is 10.1 Å². The van der Waals surface area contributed by atoms with Gasteiger partial charge in [-0.1, -0.05) is 12.1 Å². The molecule has 0 aliphatic heterocycles. The fourth-order valence-electron chi connectivity index (χ4n) is 2.30. The Hall–Kier alpha value is -0.550. The van der Waals surface area contributed by atoms with Crippen molar-refractivity contribution in [1.82, 2.24) is 10.2 Å². The normalized spacial score (nSPS) is 14.4. The van der Waals surface area contributed by atoms with E-state index in [1.165, 1.54) is 10.5 Å². The van der Waals surface area contributed by atoms with Crippen LogP contribution in [0, 0.1) is 0 Å². The molecule has 3 nitrogen and oxygen atoms in total. The third kappa shape index (κ3) is 6.83. The Labute approximate surface area is 134 Å². The fourth-order valence-corrected chi connectivity index (χ4v) is 2.70. The number of benzene rings is 1. The van der Waals surface area contributed by atoms with E-state index in [-0.39, 0.29) is 0 Å². The topological polar surface area (TPSA) is 24.5 Å². The Morgan fingerprint density at radius 3 is 2.48 bits per heavy atom. The number of thioether (sulfide) groups is 1. The van der Waals surface area contributed by atoms with Crippen molar-refractivity contribution >= 4 is 11.8 Å². The maximum Gasteiger partial charge on any atom is 0.0619 e. The van der Waals surface area contributed by atoms with E-state index in [1.54, 1.807) is 11.8 Å². The summed E-state index contributed by atoms with van der Waals surface area (Å²) in [5.74, 6) is 0. The number of hydrogen-bond acceptors (Lipinski definition) is 4. The lowest BCUT2D eigenvalue weighted by atomic mass is 10.1. The second-order valence-corrected chi connectivity index (χ2v) is 6.37. The second kappa shape index (κ2) is 10.2. The minimum atomic E-state index is 0.418. The van der Waals surface area contributed by atoms with Gasteiger partial charge in [-0.3, -0.25) is 4.90 Å². The Morgan fingerprint density at radius 1 is 1.29 bits per heavy atom. The zero-order valence-electron chi connectivity index (χ0n) is 14.1. The molecule has 0 radical (unpaired) electrons. The van der Waals surface area contributed by atoms with Gasteiger partial charge in [0.2, 0.25) is 0 Å². The molecule has 0 fully saturated rings. The molecular weight excluding hydrogens is 280 g/mol. The molecule has 0 heterocycles. The Kier molecular flexibility index (Phi) is 9.00. The predicted octanol–water partition coefficient (Wildman–Crippen LogP) is 3.24. The fraction of sp³-hybridized carbons (Fsp3) is 0.647. The van der Waals surface area contributed by atoms with Crippen LogP contribution in [0.15, 0.2) is 29.2 Å². The van der Waals surface area contributed by atoms with Crippen LogP contribution < -0.4 is 5.32 Å². The monoisotopic (exact) mass is 310 g/mol. The third-order valence-corrected chi connectivity index (χ3v) is 4.64. The van der Waals surface area contributed by atoms with Crippen LogP contribution >= 0.6 is 11.8 Å². The van der Waals surface area contributed by atoms with E-state index in [1.807, 2.05) is 14.0 Å². The standard InChI is InChI=1S/C17H30N2OS/c1-6-20-13-16(18-3)11-14(2)19(4)12-15-7-9-17(21-5)10-8-15/h7-10,14,16,18H,6,11-13H2,1-5H3. The summed E-state index contributed by atoms with van der Waals surface area (Å²) < 4.78 is 5.53. The molecule has 0 saturated heterocycles. The van der Waals surface area contributed by atoms with Crippen molar-refractivity contribution in [2.24, 2.45) is 0 Å². The highest BCUT2D eigenvalue weighted by Crippen LogP contribution is 2.16. The highest BCUT2D eigenvalue weighted by atomic mass is 32.2. The summed E-state index contributed by atoms with van der Waals surface area (Å²) in [5.41, 5.74) is 1.37. The average Bonchev–Trinajstić information content (AvgIpc) is 2.51. The lowest BCUT2D eigenvalue weighted by Gasteiger charge is -2.28. The SMILES string of the molecule is CCOCC(CC(C)N(C)Cc1ccc(SC)cc1)NC. The van der Waals surface area contributed by atoms with Crippen LogP contribution in [0.4, 0.5) is 0 Å². The molecule has 1 aromatic carbocycles. The maximum absolute atomic E-state index is 5.53. The van der Waals surface area contributed by atoms with Crippen LogP contribution in [-0.2, 0) is 11.3 Å². The Bertz CT molecular complexity index is 383. The number of nitrogens with one attached hydrogen (secondary N) is 1. The van der Waals surface area contributed by atoms with Crippen molar-refractivity contribution in [1.29, 1.82) is 0 Å². The lowest BCUT2D eigenvalue weighted by molar-refractivity contribution is 0.109. The smallest absolute Gasteiger partial charge is 0.0619 e. The molecule has 0 aromatic heterocycles. The molecule has 2 unspecified atom stereocenters. The first-order valence-corrected chi connectivity index (χ1v) is 8.91. The minimum Gasteiger partial charge on any atom is -0.380 e. The summed E-state index contributed by atoms with van der Waals surface area (Å²) >= 11 is 1.79. The molecule has 0 saturated carbocycles. The van der Waals surface area contributed by atoms with Crippen LogP contribution in [0.1, 0.15) is 25.8 Å². The molecule has 0 aliphatic carbocycles. The van der Waals surface area contributed by atoms with Crippen molar-refractivity contribution in [2.75, 3.05) is 33.6 Å². The van der Waals surface area contributed by atoms with E-state index >= 15 is 0 Å². The third-order valence-electron chi connectivity index (χ3n) is 3.90. The Morgan fingerprint density at radius 2 is 1.95 bits per heavy atom. The molecule has 120 valence electrons.